The van der Waals surface area contributed by atoms with Crippen molar-refractivity contribution in [3.63, 3.8) is 0 Å². The van der Waals surface area contributed by atoms with E-state index in [0.29, 0.717) is 17.1 Å². The summed E-state index contributed by atoms with van der Waals surface area (Å²) in [6.45, 7) is 0. The first-order valence-electron chi connectivity index (χ1n) is 6.76. The first-order chi connectivity index (χ1) is 10.8. The molecule has 0 aliphatic carbocycles. The number of hydrogen-bond donors (Lipinski definition) is 0. The highest BCUT2D eigenvalue weighted by Gasteiger charge is 2.21. The van der Waals surface area contributed by atoms with E-state index in [2.05, 4.69) is 9.98 Å². The molecule has 2 aromatic heterocycles. The fourth-order valence-electron chi connectivity index (χ4n) is 2.19. The van der Waals surface area contributed by atoms with Crippen molar-refractivity contribution < 1.29 is 8.63 Å². The van der Waals surface area contributed by atoms with E-state index in [1.807, 2.05) is 18.2 Å². The molecular formula is C16H12BF2N3. The molecule has 6 heteroatoms. The van der Waals surface area contributed by atoms with E-state index < -0.39 is 7.40 Å². The van der Waals surface area contributed by atoms with E-state index >= 15 is 0 Å². The minimum absolute atomic E-state index is 0.162. The van der Waals surface area contributed by atoms with Crippen LogP contribution in [0, 0.1) is 0 Å². The second kappa shape index (κ2) is 6.34. The van der Waals surface area contributed by atoms with Crippen molar-refractivity contribution in [3.05, 3.63) is 78.4 Å². The Balaban J connectivity index is 2.22. The minimum Gasteiger partial charge on any atom is -0.310 e. The molecule has 0 fully saturated rings. The molecule has 0 unspecified atom stereocenters. The first kappa shape index (κ1) is 14.2. The Morgan fingerprint density at radius 1 is 0.864 bits per heavy atom. The molecule has 3 aromatic rings. The summed E-state index contributed by atoms with van der Waals surface area (Å²) in [5.41, 5.74) is 1.28. The zero-order valence-corrected chi connectivity index (χ0v) is 11.6. The Labute approximate surface area is 126 Å². The number of hydrogen-bond acceptors (Lipinski definition) is 2. The highest BCUT2D eigenvalue weighted by molar-refractivity contribution is 6.41. The van der Waals surface area contributed by atoms with Crippen LogP contribution < -0.4 is 5.49 Å². The molecule has 0 bridgehead atoms. The molecule has 0 saturated carbocycles. The monoisotopic (exact) mass is 295 g/mol. The lowest BCUT2D eigenvalue weighted by molar-refractivity contribution is 0.622. The number of nitrogens with zero attached hydrogens (tertiary/aromatic N) is 3. The Kier molecular flexibility index (Phi) is 4.09. The highest BCUT2D eigenvalue weighted by Crippen LogP contribution is 2.18. The standard InChI is InChI=1S/C16H12BF2N3/c18-17(19)22-14(13-7-2-1-3-8-13)9-6-11-16(22)21-15-10-4-5-12-20-15/h1-12H/b21-16+. The van der Waals surface area contributed by atoms with Gasteiger partial charge in [-0.2, -0.15) is 0 Å². The zero-order chi connectivity index (χ0) is 15.4. The van der Waals surface area contributed by atoms with Crippen molar-refractivity contribution in [2.75, 3.05) is 0 Å². The normalized spacial score (nSPS) is 11.5. The fourth-order valence-corrected chi connectivity index (χ4v) is 2.19. The highest BCUT2D eigenvalue weighted by atomic mass is 19.2. The van der Waals surface area contributed by atoms with Crippen molar-refractivity contribution in [3.8, 4) is 11.3 Å². The molecule has 0 radical (unpaired) electrons. The van der Waals surface area contributed by atoms with E-state index in [9.17, 15) is 8.63 Å². The van der Waals surface area contributed by atoms with Crippen LogP contribution in [-0.4, -0.2) is 16.9 Å². The van der Waals surface area contributed by atoms with Crippen molar-refractivity contribution in [1.82, 2.24) is 9.46 Å². The van der Waals surface area contributed by atoms with Crippen LogP contribution in [0.25, 0.3) is 11.3 Å². The largest absolute Gasteiger partial charge is 0.679 e. The van der Waals surface area contributed by atoms with Gasteiger partial charge in [0.25, 0.3) is 0 Å². The van der Waals surface area contributed by atoms with E-state index in [1.54, 1.807) is 54.7 Å². The van der Waals surface area contributed by atoms with E-state index in [4.69, 9.17) is 0 Å². The summed E-state index contributed by atoms with van der Waals surface area (Å²) in [4.78, 5) is 8.27. The van der Waals surface area contributed by atoms with Crippen molar-refractivity contribution >= 4 is 13.2 Å². The zero-order valence-electron chi connectivity index (χ0n) is 11.6. The van der Waals surface area contributed by atoms with Gasteiger partial charge in [0.15, 0.2) is 5.82 Å². The third-order valence-corrected chi connectivity index (χ3v) is 3.15. The number of rotatable bonds is 3. The Hall–Kier alpha value is -2.76. The van der Waals surface area contributed by atoms with E-state index in [0.717, 1.165) is 4.48 Å². The molecular weight excluding hydrogens is 283 g/mol. The summed E-state index contributed by atoms with van der Waals surface area (Å²) < 4.78 is 28.0. The Morgan fingerprint density at radius 3 is 2.32 bits per heavy atom. The third kappa shape index (κ3) is 2.95. The van der Waals surface area contributed by atoms with Gasteiger partial charge < -0.3 is 4.48 Å². The smallest absolute Gasteiger partial charge is 0.310 e. The average Bonchev–Trinajstić information content (AvgIpc) is 2.56. The maximum Gasteiger partial charge on any atom is 0.679 e. The Morgan fingerprint density at radius 2 is 1.64 bits per heavy atom. The molecule has 2 heterocycles. The second-order valence-electron chi connectivity index (χ2n) is 4.58. The van der Waals surface area contributed by atoms with Gasteiger partial charge in [0.2, 0.25) is 0 Å². The van der Waals surface area contributed by atoms with Crippen LogP contribution >= 0.6 is 0 Å². The second-order valence-corrected chi connectivity index (χ2v) is 4.58. The predicted molar refractivity (Wildman–Crippen MR) is 82.7 cm³/mol. The maximum absolute atomic E-state index is 13.6. The van der Waals surface area contributed by atoms with Crippen LogP contribution in [0.1, 0.15) is 0 Å². The van der Waals surface area contributed by atoms with Crippen LogP contribution in [0.15, 0.2) is 77.9 Å². The van der Waals surface area contributed by atoms with Gasteiger partial charge in [-0.15, -0.1) is 0 Å². The lowest BCUT2D eigenvalue weighted by atomic mass is 10.1. The summed E-state index contributed by atoms with van der Waals surface area (Å²) in [5, 5.41) is 0. The molecule has 1 aromatic carbocycles. The summed E-state index contributed by atoms with van der Waals surface area (Å²) in [6.07, 6.45) is 1.58. The molecule has 0 saturated heterocycles. The molecule has 3 rings (SSSR count). The summed E-state index contributed by atoms with van der Waals surface area (Å²) in [7, 11) is -2.70. The molecule has 0 atom stereocenters. The van der Waals surface area contributed by atoms with Crippen LogP contribution in [0.3, 0.4) is 0 Å². The van der Waals surface area contributed by atoms with Crippen LogP contribution in [0.5, 0.6) is 0 Å². The van der Waals surface area contributed by atoms with Gasteiger partial charge in [-0.1, -0.05) is 42.5 Å². The van der Waals surface area contributed by atoms with Gasteiger partial charge in [0.05, 0.1) is 0 Å². The van der Waals surface area contributed by atoms with Crippen LogP contribution in [0.4, 0.5) is 14.4 Å². The average molecular weight is 295 g/mol. The summed E-state index contributed by atoms with van der Waals surface area (Å²) >= 11 is 0. The molecule has 3 nitrogen and oxygen atoms in total. The Bertz CT molecular complexity index is 818. The number of halogens is 2. The van der Waals surface area contributed by atoms with Crippen LogP contribution in [-0.2, 0) is 0 Å². The maximum atomic E-state index is 13.6. The molecule has 0 amide bonds. The van der Waals surface area contributed by atoms with Gasteiger partial charge in [-0.05, 0) is 29.8 Å². The lowest BCUT2D eigenvalue weighted by Gasteiger charge is -2.11. The van der Waals surface area contributed by atoms with Gasteiger partial charge in [-0.3, -0.25) is 8.63 Å². The number of aromatic nitrogens is 2. The van der Waals surface area contributed by atoms with E-state index in [1.165, 1.54) is 0 Å². The van der Waals surface area contributed by atoms with Gasteiger partial charge in [0, 0.05) is 11.9 Å². The first-order valence-corrected chi connectivity index (χ1v) is 6.76. The molecule has 0 aliphatic rings. The summed E-state index contributed by atoms with van der Waals surface area (Å²) in [5.74, 6) is 0.391. The van der Waals surface area contributed by atoms with Crippen molar-refractivity contribution in [2.45, 2.75) is 0 Å². The molecule has 22 heavy (non-hydrogen) atoms. The summed E-state index contributed by atoms with van der Waals surface area (Å²) in [6, 6.07) is 19.2. The molecule has 0 aliphatic heterocycles. The quantitative estimate of drug-likeness (QED) is 0.680. The minimum atomic E-state index is -2.70. The molecule has 0 spiro atoms. The predicted octanol–water partition coefficient (Wildman–Crippen LogP) is 3.55. The molecule has 0 N–H and O–H groups in total. The lowest BCUT2D eigenvalue weighted by Crippen LogP contribution is -2.30. The number of pyridine rings is 2. The van der Waals surface area contributed by atoms with Crippen LogP contribution in [0.2, 0.25) is 0 Å². The van der Waals surface area contributed by atoms with Gasteiger partial charge in [0.1, 0.15) is 5.49 Å². The van der Waals surface area contributed by atoms with Gasteiger partial charge >= 0.3 is 7.40 Å². The van der Waals surface area contributed by atoms with Crippen molar-refractivity contribution in [1.29, 1.82) is 0 Å². The van der Waals surface area contributed by atoms with E-state index in [-0.39, 0.29) is 5.49 Å². The van der Waals surface area contributed by atoms with Crippen molar-refractivity contribution in [2.24, 2.45) is 4.99 Å². The number of benzene rings is 1. The van der Waals surface area contributed by atoms with Gasteiger partial charge in [-0.25, -0.2) is 9.98 Å². The molecule has 108 valence electrons. The topological polar surface area (TPSA) is 30.2 Å². The third-order valence-electron chi connectivity index (χ3n) is 3.15. The SMILES string of the molecule is FB(F)n1c(-c2ccccc2)ccc/c1=N\c1ccccn1. The fraction of sp³-hybridized carbons (Fsp3) is 0.